The van der Waals surface area contributed by atoms with Crippen LogP contribution in [-0.2, 0) is 16.8 Å². The molecule has 0 radical (unpaired) electrons. The van der Waals surface area contributed by atoms with Gasteiger partial charge in [0.25, 0.3) is 0 Å². The number of ether oxygens (including phenoxy) is 1. The monoisotopic (exact) mass is 527 g/mol. The normalized spacial score (nSPS) is 18.0. The number of nitriles is 1. The lowest BCUT2D eigenvalue weighted by Gasteiger charge is -2.33. The molecule has 3 aromatic carbocycles. The van der Waals surface area contributed by atoms with Crippen molar-refractivity contribution in [3.63, 3.8) is 0 Å². The fourth-order valence-electron chi connectivity index (χ4n) is 5.29. The number of nitrogens with two attached hydrogens (primary N) is 1. The summed E-state index contributed by atoms with van der Waals surface area (Å²) in [7, 11) is 0. The van der Waals surface area contributed by atoms with Gasteiger partial charge in [-0.2, -0.15) is 10.4 Å². The van der Waals surface area contributed by atoms with Crippen LogP contribution in [0.25, 0.3) is 5.69 Å². The van der Waals surface area contributed by atoms with E-state index in [2.05, 4.69) is 6.07 Å². The minimum atomic E-state index is -1.52. The number of aromatic nitrogens is 2. The van der Waals surface area contributed by atoms with Crippen LogP contribution in [0.15, 0.2) is 84.3 Å². The molecule has 4 aromatic rings. The maximum absolute atomic E-state index is 14.6. The number of nitrogens with zero attached hydrogens (tertiary/aromatic N) is 4. The third kappa shape index (κ3) is 3.20. The van der Waals surface area contributed by atoms with Gasteiger partial charge in [0.1, 0.15) is 17.1 Å². The summed E-state index contributed by atoms with van der Waals surface area (Å²) in [5.74, 6) is -0.147. The Balaban J connectivity index is 1.61. The zero-order valence-electron chi connectivity index (χ0n) is 19.6. The SMILES string of the molecule is Cc1nn(-c2ccccc2)c2c1[C@@]1(C(=O)N(Cc3ccc(Cl)c(Cl)c3)c3ccccc31)C(C#N)=C(N)O2. The Labute approximate surface area is 222 Å². The molecule has 7 nitrogen and oxygen atoms in total. The van der Waals surface area contributed by atoms with Gasteiger partial charge in [-0.1, -0.05) is 65.7 Å². The summed E-state index contributed by atoms with van der Waals surface area (Å²) < 4.78 is 7.62. The number of amides is 1. The molecule has 0 bridgehead atoms. The van der Waals surface area contributed by atoms with Crippen molar-refractivity contribution in [2.45, 2.75) is 18.9 Å². The number of aryl methyl sites for hydroxylation is 1. The van der Waals surface area contributed by atoms with Crippen molar-refractivity contribution in [3.05, 3.63) is 117 Å². The van der Waals surface area contributed by atoms with Gasteiger partial charge < -0.3 is 15.4 Å². The molecule has 0 aliphatic carbocycles. The van der Waals surface area contributed by atoms with E-state index in [1.807, 2.05) is 60.7 Å². The molecule has 0 saturated carbocycles. The Morgan fingerprint density at radius 1 is 1.05 bits per heavy atom. The fraction of sp³-hybridized carbons (Fsp3) is 0.107. The highest BCUT2D eigenvalue weighted by Crippen LogP contribution is 2.56. The number of carbonyl (C=O) groups is 1. The van der Waals surface area contributed by atoms with Gasteiger partial charge in [-0.05, 0) is 42.8 Å². The van der Waals surface area contributed by atoms with Crippen molar-refractivity contribution >= 4 is 34.8 Å². The van der Waals surface area contributed by atoms with Gasteiger partial charge in [0, 0.05) is 11.3 Å². The Morgan fingerprint density at radius 3 is 2.51 bits per heavy atom. The number of halogens is 2. The summed E-state index contributed by atoms with van der Waals surface area (Å²) >= 11 is 12.4. The molecule has 182 valence electrons. The molecule has 3 heterocycles. The van der Waals surface area contributed by atoms with E-state index in [9.17, 15) is 10.1 Å². The average Bonchev–Trinajstić information content (AvgIpc) is 3.35. The maximum Gasteiger partial charge on any atom is 0.248 e. The summed E-state index contributed by atoms with van der Waals surface area (Å²) in [6, 6.07) is 24.2. The van der Waals surface area contributed by atoms with E-state index in [0.29, 0.717) is 38.4 Å². The molecule has 1 atom stereocenters. The zero-order valence-corrected chi connectivity index (χ0v) is 21.1. The lowest BCUT2D eigenvalue weighted by Crippen LogP contribution is -2.46. The highest BCUT2D eigenvalue weighted by Gasteiger charge is 2.61. The number of benzene rings is 3. The predicted molar refractivity (Wildman–Crippen MR) is 141 cm³/mol. The average molecular weight is 528 g/mol. The van der Waals surface area contributed by atoms with Crippen LogP contribution in [-0.4, -0.2) is 15.7 Å². The van der Waals surface area contributed by atoms with E-state index in [4.69, 9.17) is 38.8 Å². The largest absolute Gasteiger partial charge is 0.422 e. The molecule has 9 heteroatoms. The first-order valence-electron chi connectivity index (χ1n) is 11.5. The number of hydrogen-bond donors (Lipinski definition) is 1. The van der Waals surface area contributed by atoms with Crippen LogP contribution in [0.4, 0.5) is 5.69 Å². The maximum atomic E-state index is 14.6. The molecule has 1 aromatic heterocycles. The standard InChI is InChI=1S/C28H19Cl2N5O2/c1-16-24-26(35(33-16)18-7-3-2-4-8-18)37-25(32)20(14-31)28(24)19-9-5-6-10-23(19)34(27(28)36)15-17-11-12-21(29)22(30)13-17/h2-13H,15,32H2,1H3/t28-/m0/s1. The molecule has 6 rings (SSSR count). The minimum Gasteiger partial charge on any atom is -0.422 e. The van der Waals surface area contributed by atoms with Crippen molar-refractivity contribution < 1.29 is 9.53 Å². The van der Waals surface area contributed by atoms with E-state index in [1.165, 1.54) is 0 Å². The van der Waals surface area contributed by atoms with Crippen LogP contribution in [0, 0.1) is 18.3 Å². The van der Waals surface area contributed by atoms with Crippen LogP contribution in [0.5, 0.6) is 5.88 Å². The molecular weight excluding hydrogens is 509 g/mol. The third-order valence-corrected chi connectivity index (χ3v) is 7.56. The van der Waals surface area contributed by atoms with Crippen molar-refractivity contribution in [2.75, 3.05) is 4.90 Å². The van der Waals surface area contributed by atoms with Gasteiger partial charge in [-0.15, -0.1) is 0 Å². The van der Waals surface area contributed by atoms with Crippen LogP contribution in [0.1, 0.15) is 22.4 Å². The van der Waals surface area contributed by atoms with Crippen molar-refractivity contribution in [2.24, 2.45) is 5.73 Å². The molecule has 2 aliphatic heterocycles. The summed E-state index contributed by atoms with van der Waals surface area (Å²) in [4.78, 5) is 16.3. The van der Waals surface area contributed by atoms with Crippen LogP contribution >= 0.6 is 23.2 Å². The first-order chi connectivity index (χ1) is 17.9. The van der Waals surface area contributed by atoms with Crippen molar-refractivity contribution in [3.8, 4) is 17.6 Å². The number of hydrogen-bond acceptors (Lipinski definition) is 5. The molecular formula is C28H19Cl2N5O2. The summed E-state index contributed by atoms with van der Waals surface area (Å²) in [5, 5.41) is 15.9. The predicted octanol–water partition coefficient (Wildman–Crippen LogP) is 5.41. The second-order valence-corrected chi connectivity index (χ2v) is 9.69. The lowest BCUT2D eigenvalue weighted by atomic mass is 9.69. The van der Waals surface area contributed by atoms with Crippen LogP contribution in [0.3, 0.4) is 0 Å². The van der Waals surface area contributed by atoms with Gasteiger partial charge in [-0.3, -0.25) is 4.79 Å². The molecule has 37 heavy (non-hydrogen) atoms. The number of rotatable bonds is 3. The van der Waals surface area contributed by atoms with Crippen LogP contribution in [0.2, 0.25) is 10.0 Å². The minimum absolute atomic E-state index is 0.0322. The number of anilines is 1. The van der Waals surface area contributed by atoms with E-state index in [0.717, 1.165) is 11.3 Å². The number of para-hydroxylation sites is 2. The van der Waals surface area contributed by atoms with Gasteiger partial charge in [0.05, 0.1) is 33.5 Å². The third-order valence-electron chi connectivity index (χ3n) is 6.82. The zero-order chi connectivity index (χ0) is 25.9. The smallest absolute Gasteiger partial charge is 0.248 e. The molecule has 2 aliphatic rings. The van der Waals surface area contributed by atoms with E-state index in [1.54, 1.807) is 28.6 Å². The second kappa shape index (κ2) is 8.41. The highest BCUT2D eigenvalue weighted by molar-refractivity contribution is 6.42. The molecule has 0 fully saturated rings. The van der Waals surface area contributed by atoms with Gasteiger partial charge in [0.2, 0.25) is 17.7 Å². The molecule has 1 amide bonds. The van der Waals surface area contributed by atoms with Crippen molar-refractivity contribution in [1.29, 1.82) is 5.26 Å². The Morgan fingerprint density at radius 2 is 1.78 bits per heavy atom. The Hall–Kier alpha value is -4.25. The second-order valence-electron chi connectivity index (χ2n) is 8.87. The van der Waals surface area contributed by atoms with E-state index >= 15 is 0 Å². The summed E-state index contributed by atoms with van der Waals surface area (Å²) in [5.41, 5.74) is 8.75. The van der Waals surface area contributed by atoms with E-state index < -0.39 is 5.41 Å². The number of fused-ring (bicyclic) bond motifs is 4. The molecule has 0 saturated heterocycles. The van der Waals surface area contributed by atoms with Crippen molar-refractivity contribution in [1.82, 2.24) is 9.78 Å². The first-order valence-corrected chi connectivity index (χ1v) is 12.2. The van der Waals surface area contributed by atoms with Gasteiger partial charge in [0.15, 0.2) is 0 Å². The molecule has 2 N–H and O–H groups in total. The van der Waals surface area contributed by atoms with Gasteiger partial charge >= 0.3 is 0 Å². The van der Waals surface area contributed by atoms with E-state index in [-0.39, 0.29) is 23.9 Å². The summed E-state index contributed by atoms with van der Waals surface area (Å²) in [6.07, 6.45) is 0. The highest BCUT2D eigenvalue weighted by atomic mass is 35.5. The lowest BCUT2D eigenvalue weighted by molar-refractivity contribution is -0.121. The Bertz CT molecular complexity index is 1670. The first kappa shape index (κ1) is 23.2. The van der Waals surface area contributed by atoms with Crippen LogP contribution < -0.4 is 15.4 Å². The Kier molecular flexibility index (Phi) is 5.27. The molecule has 0 unspecified atom stereocenters. The van der Waals surface area contributed by atoms with Gasteiger partial charge in [-0.25, -0.2) is 4.68 Å². The summed E-state index contributed by atoms with van der Waals surface area (Å²) in [6.45, 7) is 2.02. The fourth-order valence-corrected chi connectivity index (χ4v) is 5.61. The molecule has 1 spiro atoms. The topological polar surface area (TPSA) is 97.2 Å². The number of carbonyl (C=O) groups excluding carboxylic acids is 1. The quantitative estimate of drug-likeness (QED) is 0.384.